The highest BCUT2D eigenvalue weighted by Gasteiger charge is 2.16. The summed E-state index contributed by atoms with van der Waals surface area (Å²) in [6.07, 6.45) is -0.402. The molecule has 0 spiro atoms. The summed E-state index contributed by atoms with van der Waals surface area (Å²) in [4.78, 5) is 4.63. The molecule has 1 saturated heterocycles. The average Bonchev–Trinajstić information content (AvgIpc) is 2.40. The number of β-amino-alcohol motifs (C(OH)–C–C–N with tert-alkyl or cyclic N) is 1. The van der Waals surface area contributed by atoms with E-state index in [2.05, 4.69) is 21.9 Å². The van der Waals surface area contributed by atoms with Crippen LogP contribution in [0.25, 0.3) is 0 Å². The van der Waals surface area contributed by atoms with Gasteiger partial charge in [-0.15, -0.1) is 0 Å². The maximum Gasteiger partial charge on any atom is 0.0761 e. The first-order valence-electron chi connectivity index (χ1n) is 6.57. The molecule has 0 radical (unpaired) electrons. The molecule has 4 nitrogen and oxygen atoms in total. The molecular weight excluding hydrogens is 228 g/mol. The number of hydrogen-bond donors (Lipinski definition) is 2. The Morgan fingerprint density at radius 2 is 1.72 bits per heavy atom. The van der Waals surface area contributed by atoms with Gasteiger partial charge in [0.05, 0.1) is 12.7 Å². The van der Waals surface area contributed by atoms with Gasteiger partial charge in [0.2, 0.25) is 0 Å². The Bertz CT molecular complexity index is 357. The fourth-order valence-corrected chi connectivity index (χ4v) is 2.33. The van der Waals surface area contributed by atoms with Gasteiger partial charge in [-0.2, -0.15) is 0 Å². The van der Waals surface area contributed by atoms with Crippen molar-refractivity contribution in [1.29, 1.82) is 0 Å². The van der Waals surface area contributed by atoms with E-state index in [1.54, 1.807) is 6.92 Å². The largest absolute Gasteiger partial charge is 0.395 e. The first-order chi connectivity index (χ1) is 8.70. The zero-order valence-electron chi connectivity index (χ0n) is 10.9. The van der Waals surface area contributed by atoms with Crippen molar-refractivity contribution in [1.82, 2.24) is 4.90 Å². The van der Waals surface area contributed by atoms with Crippen LogP contribution in [0.2, 0.25) is 0 Å². The second-order valence-corrected chi connectivity index (χ2v) is 4.82. The van der Waals surface area contributed by atoms with Crippen molar-refractivity contribution in [3.05, 3.63) is 29.8 Å². The molecule has 1 aliphatic rings. The van der Waals surface area contributed by atoms with Gasteiger partial charge in [-0.05, 0) is 24.6 Å². The molecule has 2 rings (SSSR count). The van der Waals surface area contributed by atoms with Gasteiger partial charge in [0.15, 0.2) is 0 Å². The summed E-state index contributed by atoms with van der Waals surface area (Å²) in [5, 5.41) is 18.4. The predicted molar refractivity (Wildman–Crippen MR) is 72.8 cm³/mol. The minimum Gasteiger partial charge on any atom is -0.395 e. The Labute approximate surface area is 108 Å². The molecule has 1 heterocycles. The van der Waals surface area contributed by atoms with Gasteiger partial charge >= 0.3 is 0 Å². The lowest BCUT2D eigenvalue weighted by Gasteiger charge is -2.35. The topological polar surface area (TPSA) is 46.9 Å². The fraction of sp³-hybridized carbons (Fsp3) is 0.571. The molecule has 1 aromatic carbocycles. The molecule has 0 aromatic heterocycles. The fourth-order valence-electron chi connectivity index (χ4n) is 2.33. The summed E-state index contributed by atoms with van der Waals surface area (Å²) in [6.45, 7) is 6.78. The van der Waals surface area contributed by atoms with Crippen molar-refractivity contribution in [2.45, 2.75) is 13.0 Å². The summed E-state index contributed by atoms with van der Waals surface area (Å²) in [5.74, 6) is 0. The van der Waals surface area contributed by atoms with E-state index in [1.165, 1.54) is 5.69 Å². The normalized spacial score (nSPS) is 18.9. The minimum absolute atomic E-state index is 0.239. The van der Waals surface area contributed by atoms with Crippen molar-refractivity contribution in [2.75, 3.05) is 44.2 Å². The summed E-state index contributed by atoms with van der Waals surface area (Å²) in [6, 6.07) is 8.12. The van der Waals surface area contributed by atoms with E-state index < -0.39 is 6.10 Å². The van der Waals surface area contributed by atoms with Gasteiger partial charge in [0.25, 0.3) is 0 Å². The quantitative estimate of drug-likeness (QED) is 0.832. The van der Waals surface area contributed by atoms with Crippen LogP contribution in [-0.2, 0) is 0 Å². The van der Waals surface area contributed by atoms with Gasteiger partial charge in [-0.3, -0.25) is 4.90 Å². The predicted octanol–water partition coefficient (Wildman–Crippen LogP) is 0.854. The number of anilines is 1. The monoisotopic (exact) mass is 250 g/mol. The highest BCUT2D eigenvalue weighted by molar-refractivity contribution is 5.48. The summed E-state index contributed by atoms with van der Waals surface area (Å²) in [7, 11) is 0. The third-order valence-electron chi connectivity index (χ3n) is 3.53. The highest BCUT2D eigenvalue weighted by Crippen LogP contribution is 2.20. The van der Waals surface area contributed by atoms with Crippen LogP contribution in [0.5, 0.6) is 0 Å². The van der Waals surface area contributed by atoms with Crippen molar-refractivity contribution in [3.63, 3.8) is 0 Å². The Balaban J connectivity index is 1.93. The zero-order chi connectivity index (χ0) is 13.0. The highest BCUT2D eigenvalue weighted by atomic mass is 16.3. The van der Waals surface area contributed by atoms with Crippen molar-refractivity contribution in [3.8, 4) is 0 Å². The molecule has 2 N–H and O–H groups in total. The van der Waals surface area contributed by atoms with Crippen molar-refractivity contribution in [2.24, 2.45) is 0 Å². The molecule has 1 fully saturated rings. The molecule has 4 heteroatoms. The molecule has 0 aliphatic carbocycles. The lowest BCUT2D eigenvalue weighted by molar-refractivity contribution is 0.189. The SMILES string of the molecule is CC(O)c1ccc(N2CCN(CCO)CC2)cc1. The number of aliphatic hydroxyl groups excluding tert-OH is 2. The van der Waals surface area contributed by atoms with E-state index in [0.717, 1.165) is 38.3 Å². The third-order valence-corrected chi connectivity index (χ3v) is 3.53. The molecule has 100 valence electrons. The van der Waals surface area contributed by atoms with Gasteiger partial charge in [0, 0.05) is 38.4 Å². The van der Waals surface area contributed by atoms with Crippen LogP contribution < -0.4 is 4.90 Å². The number of hydrogen-bond acceptors (Lipinski definition) is 4. The van der Waals surface area contributed by atoms with Crippen molar-refractivity contribution >= 4 is 5.69 Å². The molecule has 0 saturated carbocycles. The second-order valence-electron chi connectivity index (χ2n) is 4.82. The summed E-state index contributed by atoms with van der Waals surface area (Å²) >= 11 is 0. The molecule has 1 atom stereocenters. The zero-order valence-corrected chi connectivity index (χ0v) is 10.9. The molecule has 0 amide bonds. The van der Waals surface area contributed by atoms with E-state index in [0.29, 0.717) is 0 Å². The average molecular weight is 250 g/mol. The van der Waals surface area contributed by atoms with E-state index >= 15 is 0 Å². The Kier molecular flexibility index (Phi) is 4.58. The van der Waals surface area contributed by atoms with E-state index in [4.69, 9.17) is 5.11 Å². The van der Waals surface area contributed by atoms with E-state index in [9.17, 15) is 5.11 Å². The number of aliphatic hydroxyl groups is 2. The number of benzene rings is 1. The molecule has 1 aromatic rings. The van der Waals surface area contributed by atoms with Crippen LogP contribution in [0.3, 0.4) is 0 Å². The molecule has 0 bridgehead atoms. The molecule has 1 aliphatic heterocycles. The maximum absolute atomic E-state index is 9.47. The number of rotatable bonds is 4. The van der Waals surface area contributed by atoms with Crippen molar-refractivity contribution < 1.29 is 10.2 Å². The standard InChI is InChI=1S/C14H22N2O2/c1-12(18)13-2-4-14(5-3-13)16-8-6-15(7-9-16)10-11-17/h2-5,12,17-18H,6-11H2,1H3. The smallest absolute Gasteiger partial charge is 0.0761 e. The van der Waals surface area contributed by atoms with Crippen LogP contribution in [0.15, 0.2) is 24.3 Å². The number of piperazine rings is 1. The minimum atomic E-state index is -0.402. The first kappa shape index (κ1) is 13.3. The van der Waals surface area contributed by atoms with E-state index in [1.807, 2.05) is 12.1 Å². The lowest BCUT2D eigenvalue weighted by Crippen LogP contribution is -2.47. The third kappa shape index (κ3) is 3.22. The van der Waals surface area contributed by atoms with Crippen LogP contribution in [0.4, 0.5) is 5.69 Å². The maximum atomic E-state index is 9.47. The van der Waals surface area contributed by atoms with Crippen LogP contribution >= 0.6 is 0 Å². The van der Waals surface area contributed by atoms with Crippen LogP contribution in [-0.4, -0.2) is 54.4 Å². The number of nitrogens with zero attached hydrogens (tertiary/aromatic N) is 2. The van der Waals surface area contributed by atoms with Gasteiger partial charge < -0.3 is 15.1 Å². The second kappa shape index (κ2) is 6.18. The lowest BCUT2D eigenvalue weighted by atomic mass is 10.1. The van der Waals surface area contributed by atoms with Crippen LogP contribution in [0, 0.1) is 0 Å². The van der Waals surface area contributed by atoms with Crippen LogP contribution in [0.1, 0.15) is 18.6 Å². The Morgan fingerprint density at radius 1 is 1.11 bits per heavy atom. The van der Waals surface area contributed by atoms with Gasteiger partial charge in [-0.25, -0.2) is 0 Å². The molecule has 1 unspecified atom stereocenters. The van der Waals surface area contributed by atoms with Gasteiger partial charge in [-0.1, -0.05) is 12.1 Å². The summed E-state index contributed by atoms with van der Waals surface area (Å²) in [5.41, 5.74) is 2.17. The molecular formula is C14H22N2O2. The van der Waals surface area contributed by atoms with E-state index in [-0.39, 0.29) is 6.61 Å². The van der Waals surface area contributed by atoms with Gasteiger partial charge in [0.1, 0.15) is 0 Å². The Morgan fingerprint density at radius 3 is 2.22 bits per heavy atom. The molecule has 18 heavy (non-hydrogen) atoms. The summed E-state index contributed by atoms with van der Waals surface area (Å²) < 4.78 is 0. The first-order valence-corrected chi connectivity index (χ1v) is 6.57. The Hall–Kier alpha value is -1.10.